The average molecular weight is 294 g/mol. The minimum Gasteiger partial charge on any atom is -0.450 e. The number of rotatable bonds is 4. The Labute approximate surface area is 120 Å². The van der Waals surface area contributed by atoms with Crippen LogP contribution in [0.3, 0.4) is 0 Å². The van der Waals surface area contributed by atoms with Crippen molar-refractivity contribution >= 4 is 17.3 Å². The first-order chi connectivity index (χ1) is 9.51. The maximum Gasteiger partial charge on any atom is 0.311 e. The second-order valence-corrected chi connectivity index (χ2v) is 4.65. The third kappa shape index (κ3) is 3.07. The largest absolute Gasteiger partial charge is 0.450 e. The Morgan fingerprint density at radius 3 is 2.65 bits per heavy atom. The van der Waals surface area contributed by atoms with Crippen LogP contribution < -0.4 is 4.74 Å². The van der Waals surface area contributed by atoms with Gasteiger partial charge in [-0.05, 0) is 36.2 Å². The molecule has 0 spiro atoms. The van der Waals surface area contributed by atoms with Crippen molar-refractivity contribution in [2.24, 2.45) is 0 Å². The molecule has 0 aliphatic rings. The second kappa shape index (κ2) is 5.90. The zero-order valence-electron chi connectivity index (χ0n) is 10.7. The molecule has 0 unspecified atom stereocenters. The van der Waals surface area contributed by atoms with E-state index >= 15 is 0 Å². The molecular formula is C14H12ClNO4. The van der Waals surface area contributed by atoms with E-state index in [9.17, 15) is 10.1 Å². The Morgan fingerprint density at radius 2 is 2.05 bits per heavy atom. The Morgan fingerprint density at radius 1 is 1.30 bits per heavy atom. The lowest BCUT2D eigenvalue weighted by atomic mass is 10.2. The molecule has 2 aromatic rings. The van der Waals surface area contributed by atoms with E-state index in [1.165, 1.54) is 12.1 Å². The number of aryl methyl sites for hydroxylation is 1. The molecule has 0 saturated heterocycles. The molecule has 0 aliphatic carbocycles. The van der Waals surface area contributed by atoms with Crippen LogP contribution in [0, 0.1) is 17.0 Å². The van der Waals surface area contributed by atoms with Gasteiger partial charge in [0.1, 0.15) is 5.75 Å². The summed E-state index contributed by atoms with van der Waals surface area (Å²) < 4.78 is 5.52. The summed E-state index contributed by atoms with van der Waals surface area (Å²) in [5.74, 6) is 0.531. The first-order valence-electron chi connectivity index (χ1n) is 5.83. The van der Waals surface area contributed by atoms with Crippen LogP contribution in [0.15, 0.2) is 36.4 Å². The summed E-state index contributed by atoms with van der Waals surface area (Å²) in [4.78, 5) is 10.5. The normalized spacial score (nSPS) is 10.3. The van der Waals surface area contributed by atoms with Gasteiger partial charge < -0.3 is 9.84 Å². The quantitative estimate of drug-likeness (QED) is 0.686. The summed E-state index contributed by atoms with van der Waals surface area (Å²) in [6.45, 7) is 1.64. The molecule has 0 atom stereocenters. The molecule has 0 radical (unpaired) electrons. The van der Waals surface area contributed by atoms with Gasteiger partial charge in [0.25, 0.3) is 0 Å². The number of nitro benzene ring substituents is 1. The van der Waals surface area contributed by atoms with Crippen molar-refractivity contribution in [3.05, 3.63) is 62.7 Å². The summed E-state index contributed by atoms with van der Waals surface area (Å²) in [6, 6.07) is 9.36. The van der Waals surface area contributed by atoms with Crippen molar-refractivity contribution in [3.8, 4) is 11.5 Å². The standard InChI is InChI=1S/C14H12ClNO4/c1-9-2-5-13(16(18)19)14(6-9)20-11-4-3-10(8-17)12(15)7-11/h2-7,17H,8H2,1H3. The van der Waals surface area contributed by atoms with Crippen LogP contribution >= 0.6 is 11.6 Å². The monoisotopic (exact) mass is 293 g/mol. The fourth-order valence-corrected chi connectivity index (χ4v) is 1.93. The lowest BCUT2D eigenvalue weighted by Crippen LogP contribution is -1.94. The number of nitro groups is 1. The lowest BCUT2D eigenvalue weighted by molar-refractivity contribution is -0.385. The van der Waals surface area contributed by atoms with Crippen LogP contribution in [-0.4, -0.2) is 10.0 Å². The predicted molar refractivity (Wildman–Crippen MR) is 75.3 cm³/mol. The van der Waals surface area contributed by atoms with Crippen LogP contribution in [0.25, 0.3) is 0 Å². The van der Waals surface area contributed by atoms with E-state index < -0.39 is 4.92 Å². The SMILES string of the molecule is Cc1ccc([N+](=O)[O-])c(Oc2ccc(CO)c(Cl)c2)c1. The fraction of sp³-hybridized carbons (Fsp3) is 0.143. The predicted octanol–water partition coefficient (Wildman–Crippen LogP) is 3.84. The van der Waals surface area contributed by atoms with Crippen LogP contribution in [0.2, 0.25) is 5.02 Å². The van der Waals surface area contributed by atoms with Crippen LogP contribution in [0.5, 0.6) is 11.5 Å². The highest BCUT2D eigenvalue weighted by molar-refractivity contribution is 6.31. The van der Waals surface area contributed by atoms with Gasteiger partial charge in [-0.2, -0.15) is 0 Å². The molecule has 0 saturated carbocycles. The topological polar surface area (TPSA) is 72.6 Å². The summed E-state index contributed by atoms with van der Waals surface area (Å²) in [5, 5.41) is 20.3. The average Bonchev–Trinajstić information content (AvgIpc) is 2.38. The number of ether oxygens (including phenoxy) is 1. The first-order valence-corrected chi connectivity index (χ1v) is 6.21. The van der Waals surface area contributed by atoms with E-state index in [-0.39, 0.29) is 18.0 Å². The molecule has 0 bridgehead atoms. The van der Waals surface area contributed by atoms with Gasteiger partial charge in [-0.15, -0.1) is 0 Å². The van der Waals surface area contributed by atoms with Gasteiger partial charge in [-0.1, -0.05) is 23.7 Å². The van der Waals surface area contributed by atoms with Gasteiger partial charge >= 0.3 is 5.69 Å². The van der Waals surface area contributed by atoms with Crippen molar-refractivity contribution in [2.45, 2.75) is 13.5 Å². The van der Waals surface area contributed by atoms with Crippen molar-refractivity contribution in [1.29, 1.82) is 0 Å². The van der Waals surface area contributed by atoms with Crippen LogP contribution in [0.4, 0.5) is 5.69 Å². The molecular weight excluding hydrogens is 282 g/mol. The van der Waals surface area contributed by atoms with Crippen molar-refractivity contribution < 1.29 is 14.8 Å². The Bertz CT molecular complexity index is 658. The van der Waals surface area contributed by atoms with E-state index in [1.807, 2.05) is 6.92 Å². The maximum absolute atomic E-state index is 11.0. The van der Waals surface area contributed by atoms with Gasteiger partial charge in [0.15, 0.2) is 0 Å². The molecule has 6 heteroatoms. The summed E-state index contributed by atoms with van der Waals surface area (Å²) in [5.41, 5.74) is 1.30. The Hall–Kier alpha value is -2.11. The molecule has 104 valence electrons. The van der Waals surface area contributed by atoms with E-state index in [0.29, 0.717) is 16.3 Å². The van der Waals surface area contributed by atoms with Crippen molar-refractivity contribution in [2.75, 3.05) is 0 Å². The maximum atomic E-state index is 11.0. The number of halogens is 1. The van der Waals surface area contributed by atoms with Crippen molar-refractivity contribution in [3.63, 3.8) is 0 Å². The number of hydrogen-bond acceptors (Lipinski definition) is 4. The summed E-state index contributed by atoms with van der Waals surface area (Å²) in [6.07, 6.45) is 0. The van der Waals surface area contributed by atoms with Gasteiger partial charge in [0.2, 0.25) is 5.75 Å². The third-order valence-corrected chi connectivity index (χ3v) is 3.09. The smallest absolute Gasteiger partial charge is 0.311 e. The highest BCUT2D eigenvalue weighted by Crippen LogP contribution is 2.33. The molecule has 2 rings (SSSR count). The van der Waals surface area contributed by atoms with E-state index in [0.717, 1.165) is 5.56 Å². The summed E-state index contributed by atoms with van der Waals surface area (Å²) >= 11 is 5.96. The lowest BCUT2D eigenvalue weighted by Gasteiger charge is -2.09. The molecule has 0 aliphatic heterocycles. The zero-order chi connectivity index (χ0) is 14.7. The molecule has 0 amide bonds. The second-order valence-electron chi connectivity index (χ2n) is 4.24. The highest BCUT2D eigenvalue weighted by atomic mass is 35.5. The molecule has 5 nitrogen and oxygen atoms in total. The van der Waals surface area contributed by atoms with Gasteiger partial charge in [-0.25, -0.2) is 0 Å². The van der Waals surface area contributed by atoms with Crippen molar-refractivity contribution in [1.82, 2.24) is 0 Å². The number of aliphatic hydroxyl groups is 1. The number of hydrogen-bond donors (Lipinski definition) is 1. The van der Waals surface area contributed by atoms with E-state index in [2.05, 4.69) is 0 Å². The molecule has 0 aromatic heterocycles. The van der Waals surface area contributed by atoms with Crippen LogP contribution in [-0.2, 0) is 6.61 Å². The number of nitrogens with zero attached hydrogens (tertiary/aromatic N) is 1. The molecule has 0 fully saturated rings. The Balaban J connectivity index is 2.36. The summed E-state index contributed by atoms with van der Waals surface area (Å²) in [7, 11) is 0. The van der Waals surface area contributed by atoms with Crippen LogP contribution in [0.1, 0.15) is 11.1 Å². The van der Waals surface area contributed by atoms with Gasteiger partial charge in [-0.3, -0.25) is 10.1 Å². The molecule has 2 aromatic carbocycles. The third-order valence-electron chi connectivity index (χ3n) is 2.73. The minimum absolute atomic E-state index is 0.113. The zero-order valence-corrected chi connectivity index (χ0v) is 11.4. The molecule has 0 heterocycles. The molecule has 1 N–H and O–H groups in total. The first kappa shape index (κ1) is 14.3. The van der Waals surface area contributed by atoms with E-state index in [4.69, 9.17) is 21.4 Å². The minimum atomic E-state index is -0.502. The highest BCUT2D eigenvalue weighted by Gasteiger charge is 2.16. The Kier molecular flexibility index (Phi) is 4.22. The molecule has 20 heavy (non-hydrogen) atoms. The number of aliphatic hydroxyl groups excluding tert-OH is 1. The van der Waals surface area contributed by atoms with Gasteiger partial charge in [0, 0.05) is 11.1 Å². The number of benzene rings is 2. The van der Waals surface area contributed by atoms with E-state index in [1.54, 1.807) is 24.3 Å². The fourth-order valence-electron chi connectivity index (χ4n) is 1.70. The van der Waals surface area contributed by atoms with Gasteiger partial charge in [0.05, 0.1) is 11.5 Å².